The molecule has 1 aliphatic heterocycles. The molecule has 0 unspecified atom stereocenters. The molecule has 8 rings (SSSR count). The maximum atomic E-state index is 14.1. The highest BCUT2D eigenvalue weighted by Gasteiger charge is 2.36. The van der Waals surface area contributed by atoms with Gasteiger partial charge in [-0.2, -0.15) is 0 Å². The molecule has 0 bridgehead atoms. The van der Waals surface area contributed by atoms with Crippen LogP contribution >= 0.6 is 11.6 Å². The first-order chi connectivity index (χ1) is 23.4. The Bertz CT molecular complexity index is 2350. The van der Waals surface area contributed by atoms with Crippen molar-refractivity contribution in [1.29, 1.82) is 0 Å². The Morgan fingerprint density at radius 2 is 1.44 bits per heavy atom. The summed E-state index contributed by atoms with van der Waals surface area (Å²) in [6.07, 6.45) is -0.640. The van der Waals surface area contributed by atoms with Gasteiger partial charge in [-0.25, -0.2) is 4.79 Å². The van der Waals surface area contributed by atoms with E-state index in [2.05, 4.69) is 20.6 Å². The highest BCUT2D eigenvalue weighted by Crippen LogP contribution is 2.46. The number of anilines is 3. The summed E-state index contributed by atoms with van der Waals surface area (Å²) < 4.78 is 5.84. The van der Waals surface area contributed by atoms with Crippen molar-refractivity contribution in [2.24, 2.45) is 0 Å². The van der Waals surface area contributed by atoms with Crippen LogP contribution in [0, 0.1) is 0 Å². The zero-order chi connectivity index (χ0) is 32.8. The van der Waals surface area contributed by atoms with Gasteiger partial charge in [0.15, 0.2) is 0 Å². The fourth-order valence-corrected chi connectivity index (χ4v) is 6.70. The van der Waals surface area contributed by atoms with Crippen LogP contribution in [0.4, 0.5) is 21.9 Å². The minimum absolute atomic E-state index is 0.126. The molecule has 2 aromatic heterocycles. The van der Waals surface area contributed by atoms with E-state index in [-0.39, 0.29) is 17.7 Å². The number of para-hydroxylation sites is 2. The van der Waals surface area contributed by atoms with Crippen LogP contribution in [-0.2, 0) is 0 Å². The Kier molecular flexibility index (Phi) is 7.30. The number of carbonyl (C=O) groups is 3. The molecule has 9 nitrogen and oxygen atoms in total. The molecule has 0 spiro atoms. The van der Waals surface area contributed by atoms with Gasteiger partial charge < -0.3 is 24.9 Å². The van der Waals surface area contributed by atoms with E-state index in [1.807, 2.05) is 84.9 Å². The Labute approximate surface area is 279 Å². The predicted octanol–water partition coefficient (Wildman–Crippen LogP) is 8.65. The summed E-state index contributed by atoms with van der Waals surface area (Å²) in [4.78, 5) is 48.1. The molecule has 0 aliphatic carbocycles. The number of nitrogens with one attached hydrogen (secondary N) is 4. The Morgan fingerprint density at radius 1 is 0.729 bits per heavy atom. The lowest BCUT2D eigenvalue weighted by atomic mass is 9.95. The number of aromatic nitrogens is 2. The van der Waals surface area contributed by atoms with Gasteiger partial charge in [0.25, 0.3) is 11.8 Å². The third-order valence-corrected chi connectivity index (χ3v) is 9.04. The molecule has 48 heavy (non-hydrogen) atoms. The average Bonchev–Trinajstić information content (AvgIpc) is 3.83. The number of halogens is 1. The summed E-state index contributed by atoms with van der Waals surface area (Å²) >= 11 is 6.48. The van der Waals surface area contributed by atoms with Crippen molar-refractivity contribution in [1.82, 2.24) is 9.97 Å². The number of carbonyl (C=O) groups excluding carboxylic acids is 3. The second-order valence-electron chi connectivity index (χ2n) is 11.7. The fourth-order valence-electron chi connectivity index (χ4n) is 6.45. The number of amides is 3. The topological polar surface area (TPSA) is 119 Å². The van der Waals surface area contributed by atoms with E-state index in [9.17, 15) is 14.4 Å². The minimum Gasteiger partial charge on any atom is -0.409 e. The highest BCUT2D eigenvalue weighted by molar-refractivity contribution is 6.19. The van der Waals surface area contributed by atoms with Crippen molar-refractivity contribution in [2.75, 3.05) is 28.0 Å². The van der Waals surface area contributed by atoms with E-state index >= 15 is 0 Å². The molecular weight excluding hydrogens is 626 g/mol. The second-order valence-corrected chi connectivity index (χ2v) is 12.0. The lowest BCUT2D eigenvalue weighted by Crippen LogP contribution is -2.30. The molecule has 1 atom stereocenters. The molecule has 0 saturated heterocycles. The number of fused-ring (bicyclic) bond motifs is 5. The molecule has 3 heterocycles. The van der Waals surface area contributed by atoms with Crippen LogP contribution in [0.15, 0.2) is 115 Å². The lowest BCUT2D eigenvalue weighted by molar-refractivity contribution is 0.0982. The quantitative estimate of drug-likeness (QED) is 0.134. The van der Waals surface area contributed by atoms with Crippen LogP contribution in [0.5, 0.6) is 5.75 Å². The zero-order valence-electron chi connectivity index (χ0n) is 25.4. The third kappa shape index (κ3) is 5.30. The maximum absolute atomic E-state index is 14.1. The molecule has 7 aromatic rings. The maximum Gasteiger partial charge on any atom is 0.417 e. The van der Waals surface area contributed by atoms with Gasteiger partial charge in [-0.15, -0.1) is 11.6 Å². The van der Waals surface area contributed by atoms with Gasteiger partial charge >= 0.3 is 6.09 Å². The molecule has 0 radical (unpaired) electrons. The van der Waals surface area contributed by atoms with Crippen molar-refractivity contribution in [2.45, 2.75) is 5.92 Å². The first-order valence-corrected chi connectivity index (χ1v) is 16.0. The third-order valence-electron chi connectivity index (χ3n) is 8.67. The van der Waals surface area contributed by atoms with Gasteiger partial charge in [-0.3, -0.25) is 14.9 Å². The largest absolute Gasteiger partial charge is 0.417 e. The Balaban J connectivity index is 1.09. The smallest absolute Gasteiger partial charge is 0.409 e. The van der Waals surface area contributed by atoms with E-state index < -0.39 is 6.09 Å². The van der Waals surface area contributed by atoms with Crippen molar-refractivity contribution in [3.8, 4) is 5.75 Å². The molecule has 236 valence electrons. The number of ether oxygens (including phenoxy) is 1. The number of hydrogen-bond acceptors (Lipinski definition) is 4. The van der Waals surface area contributed by atoms with Gasteiger partial charge in [-0.05, 0) is 59.5 Å². The molecule has 10 heteroatoms. The molecule has 0 saturated carbocycles. The van der Waals surface area contributed by atoms with Crippen LogP contribution in [0.3, 0.4) is 0 Å². The summed E-state index contributed by atoms with van der Waals surface area (Å²) in [6.45, 7) is 0.364. The van der Waals surface area contributed by atoms with E-state index in [0.29, 0.717) is 46.6 Å². The number of hydrogen-bond donors (Lipinski definition) is 4. The number of nitrogens with zero attached hydrogens (tertiary/aromatic N) is 1. The van der Waals surface area contributed by atoms with Crippen LogP contribution in [0.2, 0.25) is 0 Å². The van der Waals surface area contributed by atoms with Crippen molar-refractivity contribution >= 4 is 79.1 Å². The summed E-state index contributed by atoms with van der Waals surface area (Å²) in [7, 11) is 0. The standard InChI is InChI=1S/C38H28ClN5O4/c39-20-24-21-44(33-19-34(27-11-5-6-12-28(27)35(24)33)48-38(47)41-25-9-2-1-3-10-25)37(46)32-18-23-16-26(14-15-30(23)43-32)40-36(45)31-17-22-8-4-7-13-29(22)42-31/h1-19,24,42-43H,20-21H2,(H,40,45)(H,41,47)/t24-/m0/s1. The normalized spacial score (nSPS) is 13.9. The average molecular weight is 654 g/mol. The van der Waals surface area contributed by atoms with E-state index in [1.165, 1.54) is 0 Å². The number of rotatable bonds is 6. The molecule has 1 aliphatic rings. The second kappa shape index (κ2) is 11.9. The van der Waals surface area contributed by atoms with E-state index in [4.69, 9.17) is 16.3 Å². The summed E-state index contributed by atoms with van der Waals surface area (Å²) in [5.41, 5.74) is 5.23. The monoisotopic (exact) mass is 653 g/mol. The first kappa shape index (κ1) is 29.3. The van der Waals surface area contributed by atoms with Gasteiger partial charge in [0.2, 0.25) is 0 Å². The first-order valence-electron chi connectivity index (χ1n) is 15.4. The van der Waals surface area contributed by atoms with Crippen LogP contribution in [0.25, 0.3) is 32.6 Å². The van der Waals surface area contributed by atoms with Gasteiger partial charge in [0.1, 0.15) is 17.1 Å². The molecule has 5 aromatic carbocycles. The van der Waals surface area contributed by atoms with Crippen LogP contribution in [-0.4, -0.2) is 40.3 Å². The predicted molar refractivity (Wildman–Crippen MR) is 190 cm³/mol. The summed E-state index contributed by atoms with van der Waals surface area (Å²) in [5, 5.41) is 9.03. The number of alkyl halides is 1. The Hall–Kier alpha value is -6.06. The lowest BCUT2D eigenvalue weighted by Gasteiger charge is -2.19. The van der Waals surface area contributed by atoms with Crippen molar-refractivity contribution in [3.63, 3.8) is 0 Å². The summed E-state index contributed by atoms with van der Waals surface area (Å²) in [5.74, 6) is -0.00219. The number of aromatic amines is 2. The van der Waals surface area contributed by atoms with Crippen LogP contribution in [0.1, 0.15) is 32.5 Å². The highest BCUT2D eigenvalue weighted by atomic mass is 35.5. The molecule has 0 fully saturated rings. The fraction of sp³-hybridized carbons (Fsp3) is 0.0789. The van der Waals surface area contributed by atoms with Gasteiger partial charge in [-0.1, -0.05) is 60.7 Å². The van der Waals surface area contributed by atoms with Gasteiger partial charge in [0, 0.05) is 63.0 Å². The molecular formula is C38H28ClN5O4. The minimum atomic E-state index is -0.640. The van der Waals surface area contributed by atoms with Crippen molar-refractivity contribution in [3.05, 3.63) is 132 Å². The van der Waals surface area contributed by atoms with Crippen LogP contribution < -0.4 is 20.3 Å². The number of H-pyrrole nitrogens is 2. The zero-order valence-corrected chi connectivity index (χ0v) is 26.2. The Morgan fingerprint density at radius 3 is 2.25 bits per heavy atom. The SMILES string of the molecule is O=C(Nc1ccccc1)Oc1cc2c(c3ccccc13)[C@@H](CCl)CN2C(=O)c1cc2cc(NC(=O)c3cc4ccccc4[nH]3)ccc2[nH]1. The molecule has 3 amide bonds. The summed E-state index contributed by atoms with van der Waals surface area (Å²) in [6, 6.07) is 35.2. The number of benzene rings is 5. The molecule has 4 N–H and O–H groups in total. The van der Waals surface area contributed by atoms with Gasteiger partial charge in [0.05, 0.1) is 5.69 Å². The van der Waals surface area contributed by atoms with E-state index in [1.54, 1.807) is 35.2 Å². The van der Waals surface area contributed by atoms with E-state index in [0.717, 1.165) is 38.1 Å². The van der Waals surface area contributed by atoms with Crippen molar-refractivity contribution < 1.29 is 19.1 Å².